The number of carbonyl (C=O) groups is 3. The van der Waals surface area contributed by atoms with E-state index in [4.69, 9.17) is 9.47 Å². The van der Waals surface area contributed by atoms with Gasteiger partial charge in [0.15, 0.2) is 0 Å². The molecule has 3 aromatic rings. The quantitative estimate of drug-likeness (QED) is 0.342. The first kappa shape index (κ1) is 31.0. The van der Waals surface area contributed by atoms with E-state index in [0.717, 1.165) is 39.4 Å². The summed E-state index contributed by atoms with van der Waals surface area (Å²) in [6, 6.07) is 16.3. The topological polar surface area (TPSA) is 118 Å². The van der Waals surface area contributed by atoms with E-state index in [1.54, 1.807) is 20.8 Å². The molecule has 12 heteroatoms. The van der Waals surface area contributed by atoms with Gasteiger partial charge in [-0.15, -0.1) is 0 Å². The standard InChI is InChI=1S/C32H32F3N3O6/c1-30(2,3)44-27(39)25-14-31(28(40)41,37-16-19-12-13-26(36-15-19)32(33,34)35)18-38(25)29(42)43-17-24-22-10-6-4-8-20(22)21-9-5-7-11-23(21)24/h4-13,15,24-25,37H,14,16-18H2,1-3H3,(H,40,41). The number of amides is 1. The van der Waals surface area contributed by atoms with Gasteiger partial charge in [0.05, 0.1) is 6.54 Å². The van der Waals surface area contributed by atoms with Gasteiger partial charge in [0.25, 0.3) is 0 Å². The number of carbonyl (C=O) groups excluding carboxylic acids is 2. The molecule has 1 aliphatic heterocycles. The summed E-state index contributed by atoms with van der Waals surface area (Å²) in [6.07, 6.45) is -4.86. The molecule has 44 heavy (non-hydrogen) atoms. The van der Waals surface area contributed by atoms with Crippen molar-refractivity contribution >= 4 is 18.0 Å². The predicted molar refractivity (Wildman–Crippen MR) is 152 cm³/mol. The van der Waals surface area contributed by atoms with Crippen molar-refractivity contribution in [2.45, 2.75) is 63.0 Å². The van der Waals surface area contributed by atoms with Crippen LogP contribution in [0.4, 0.5) is 18.0 Å². The number of rotatable bonds is 7. The molecule has 2 N–H and O–H groups in total. The molecule has 1 aliphatic carbocycles. The molecule has 5 rings (SSSR count). The second kappa shape index (κ2) is 11.6. The maximum Gasteiger partial charge on any atom is 0.433 e. The summed E-state index contributed by atoms with van der Waals surface area (Å²) >= 11 is 0. The number of esters is 1. The number of halogens is 3. The van der Waals surface area contributed by atoms with E-state index < -0.39 is 53.6 Å². The average Bonchev–Trinajstić information content (AvgIpc) is 3.52. The molecule has 0 spiro atoms. The molecule has 2 aliphatic rings. The van der Waals surface area contributed by atoms with Gasteiger partial charge >= 0.3 is 24.2 Å². The highest BCUT2D eigenvalue weighted by molar-refractivity contribution is 5.88. The number of pyridine rings is 1. The number of ether oxygens (including phenoxy) is 2. The number of carboxylic acid groups (broad SMARTS) is 1. The van der Waals surface area contributed by atoms with Crippen molar-refractivity contribution in [3.63, 3.8) is 0 Å². The number of alkyl halides is 3. The fraction of sp³-hybridized carbons (Fsp3) is 0.375. The van der Waals surface area contributed by atoms with Crippen LogP contribution in [0, 0.1) is 0 Å². The fourth-order valence-corrected chi connectivity index (χ4v) is 5.68. The molecule has 0 saturated carbocycles. The Hall–Kier alpha value is -4.45. The van der Waals surface area contributed by atoms with Crippen molar-refractivity contribution < 1.29 is 42.1 Å². The van der Waals surface area contributed by atoms with Crippen LogP contribution in [0.3, 0.4) is 0 Å². The Kier molecular flexibility index (Phi) is 8.15. The molecule has 2 atom stereocenters. The zero-order chi connectivity index (χ0) is 31.9. The van der Waals surface area contributed by atoms with Crippen LogP contribution in [0.5, 0.6) is 0 Å². The Morgan fingerprint density at radius 3 is 2.14 bits per heavy atom. The molecule has 2 aromatic carbocycles. The maximum atomic E-state index is 13.6. The van der Waals surface area contributed by atoms with Gasteiger partial charge in [0.2, 0.25) is 0 Å². The Labute approximate surface area is 252 Å². The van der Waals surface area contributed by atoms with Crippen LogP contribution in [0.15, 0.2) is 66.9 Å². The van der Waals surface area contributed by atoms with Crippen LogP contribution in [-0.4, -0.2) is 63.4 Å². The summed E-state index contributed by atoms with van der Waals surface area (Å²) in [5.41, 5.74) is 0.492. The largest absolute Gasteiger partial charge is 0.480 e. The number of fused-ring (bicyclic) bond motifs is 3. The average molecular weight is 612 g/mol. The Bertz CT molecular complexity index is 1520. The van der Waals surface area contributed by atoms with Crippen LogP contribution in [-0.2, 0) is 31.8 Å². The van der Waals surface area contributed by atoms with Crippen LogP contribution >= 0.6 is 0 Å². The van der Waals surface area contributed by atoms with E-state index in [2.05, 4.69) is 10.3 Å². The first-order valence-corrected chi connectivity index (χ1v) is 14.0. The van der Waals surface area contributed by atoms with Crippen LogP contribution in [0.2, 0.25) is 0 Å². The van der Waals surface area contributed by atoms with Gasteiger partial charge < -0.3 is 14.6 Å². The Morgan fingerprint density at radius 2 is 1.61 bits per heavy atom. The summed E-state index contributed by atoms with van der Waals surface area (Å²) in [5.74, 6) is -2.41. The van der Waals surface area contributed by atoms with E-state index in [0.29, 0.717) is 0 Å². The van der Waals surface area contributed by atoms with Gasteiger partial charge in [0.1, 0.15) is 29.5 Å². The molecule has 1 fully saturated rings. The van der Waals surface area contributed by atoms with Crippen LogP contribution in [0.25, 0.3) is 11.1 Å². The molecule has 0 radical (unpaired) electrons. The number of aromatic nitrogens is 1. The van der Waals surface area contributed by atoms with E-state index in [1.807, 2.05) is 48.5 Å². The second-order valence-electron chi connectivity index (χ2n) is 12.0. The molecular formula is C32H32F3N3O6. The van der Waals surface area contributed by atoms with Gasteiger partial charge in [-0.3, -0.25) is 20.0 Å². The zero-order valence-electron chi connectivity index (χ0n) is 24.4. The number of hydrogen-bond donors (Lipinski definition) is 2. The minimum atomic E-state index is -4.62. The van der Waals surface area contributed by atoms with Gasteiger partial charge in [-0.2, -0.15) is 13.2 Å². The van der Waals surface area contributed by atoms with Gasteiger partial charge in [-0.05, 0) is 54.7 Å². The minimum Gasteiger partial charge on any atom is -0.480 e. The van der Waals surface area contributed by atoms with Crippen molar-refractivity contribution in [3.8, 4) is 11.1 Å². The number of hydrogen-bond acceptors (Lipinski definition) is 7. The van der Waals surface area contributed by atoms with Gasteiger partial charge in [-0.25, -0.2) is 9.59 Å². The van der Waals surface area contributed by atoms with Gasteiger partial charge in [0, 0.05) is 25.1 Å². The van der Waals surface area contributed by atoms with E-state index >= 15 is 0 Å². The fourth-order valence-electron chi connectivity index (χ4n) is 5.68. The van der Waals surface area contributed by atoms with E-state index in [-0.39, 0.29) is 31.1 Å². The number of carboxylic acids is 1. The summed E-state index contributed by atoms with van der Waals surface area (Å²) in [5, 5.41) is 13.1. The summed E-state index contributed by atoms with van der Waals surface area (Å²) < 4.78 is 50.1. The maximum absolute atomic E-state index is 13.6. The molecule has 0 bridgehead atoms. The molecule has 1 aromatic heterocycles. The summed E-state index contributed by atoms with van der Waals surface area (Å²) in [6.45, 7) is 4.27. The minimum absolute atomic E-state index is 0.0465. The van der Waals surface area contributed by atoms with Crippen molar-refractivity contribution in [2.24, 2.45) is 0 Å². The first-order valence-electron chi connectivity index (χ1n) is 14.0. The highest BCUT2D eigenvalue weighted by Crippen LogP contribution is 2.44. The lowest BCUT2D eigenvalue weighted by atomic mass is 9.95. The van der Waals surface area contributed by atoms with Crippen LogP contribution in [0.1, 0.15) is 55.5 Å². The number of likely N-dealkylation sites (tertiary alicyclic amines) is 1. The van der Waals surface area contributed by atoms with E-state index in [1.165, 1.54) is 6.07 Å². The highest BCUT2D eigenvalue weighted by Gasteiger charge is 2.55. The number of aliphatic carboxylic acids is 1. The number of nitrogens with one attached hydrogen (secondary N) is 1. The molecule has 1 amide bonds. The van der Waals surface area contributed by atoms with Crippen molar-refractivity contribution in [3.05, 3.63) is 89.2 Å². The summed E-state index contributed by atoms with van der Waals surface area (Å²) in [7, 11) is 0. The monoisotopic (exact) mass is 611 g/mol. The van der Waals surface area contributed by atoms with Crippen LogP contribution < -0.4 is 5.32 Å². The number of nitrogens with zero attached hydrogens (tertiary/aromatic N) is 2. The van der Waals surface area contributed by atoms with E-state index in [9.17, 15) is 32.7 Å². The molecule has 9 nitrogen and oxygen atoms in total. The lowest BCUT2D eigenvalue weighted by Gasteiger charge is -2.27. The molecular weight excluding hydrogens is 579 g/mol. The lowest BCUT2D eigenvalue weighted by Crippen LogP contribution is -2.54. The molecule has 1 saturated heterocycles. The second-order valence-corrected chi connectivity index (χ2v) is 12.0. The lowest BCUT2D eigenvalue weighted by molar-refractivity contribution is -0.159. The molecule has 2 unspecified atom stereocenters. The number of benzene rings is 2. The first-order chi connectivity index (χ1) is 20.7. The van der Waals surface area contributed by atoms with Crippen molar-refractivity contribution in [1.82, 2.24) is 15.2 Å². The normalized spacial score (nSPS) is 19.8. The Balaban J connectivity index is 1.37. The molecule has 232 valence electrons. The van der Waals surface area contributed by atoms with Gasteiger partial charge in [-0.1, -0.05) is 54.6 Å². The SMILES string of the molecule is CC(C)(C)OC(=O)C1CC(NCc2ccc(C(F)(F)F)nc2)(C(=O)O)CN1C(=O)OCC1c2ccccc2-c2ccccc21. The third-order valence-corrected chi connectivity index (χ3v) is 7.76. The smallest absolute Gasteiger partial charge is 0.433 e. The van der Waals surface area contributed by atoms with Crippen molar-refractivity contribution in [1.29, 1.82) is 0 Å². The third-order valence-electron chi connectivity index (χ3n) is 7.76. The highest BCUT2D eigenvalue weighted by atomic mass is 19.4. The summed E-state index contributed by atoms with van der Waals surface area (Å²) in [4.78, 5) is 43.9. The Morgan fingerprint density at radius 1 is 1.00 bits per heavy atom. The molecule has 2 heterocycles. The third kappa shape index (κ3) is 6.26. The predicted octanol–water partition coefficient (Wildman–Crippen LogP) is 5.38. The van der Waals surface area contributed by atoms with Crippen molar-refractivity contribution in [2.75, 3.05) is 13.2 Å². The zero-order valence-corrected chi connectivity index (χ0v) is 24.4.